The number of nitro benzene ring substituents is 2. The molecule has 2 aliphatic heterocycles. The average Bonchev–Trinajstić information content (AvgIpc) is 3.12. The number of hydrogen-bond acceptors (Lipinski definition) is 11. The van der Waals surface area contributed by atoms with Gasteiger partial charge in [0.05, 0.1) is 33.6 Å². The van der Waals surface area contributed by atoms with Crippen molar-refractivity contribution >= 4 is 50.8 Å². The summed E-state index contributed by atoms with van der Waals surface area (Å²) >= 11 is 0. The molecule has 272 valence electrons. The highest BCUT2D eigenvalue weighted by Crippen LogP contribution is 2.33. The molecule has 50 heavy (non-hydrogen) atoms. The first-order valence-electron chi connectivity index (χ1n) is 17.0. The predicted molar refractivity (Wildman–Crippen MR) is 190 cm³/mol. The quantitative estimate of drug-likeness (QED) is 0.168. The van der Waals surface area contributed by atoms with Crippen molar-refractivity contribution in [2.45, 2.75) is 58.3 Å². The second kappa shape index (κ2) is 16.8. The zero-order chi connectivity index (χ0) is 36.6. The molecule has 16 nitrogen and oxygen atoms in total. The van der Waals surface area contributed by atoms with Gasteiger partial charge < -0.3 is 14.7 Å². The lowest BCUT2D eigenvalue weighted by Crippen LogP contribution is -2.46. The van der Waals surface area contributed by atoms with Crippen LogP contribution in [0.2, 0.25) is 0 Å². The molecule has 2 aromatic rings. The van der Waals surface area contributed by atoms with Gasteiger partial charge in [-0.1, -0.05) is 0 Å². The van der Waals surface area contributed by atoms with Crippen LogP contribution in [0.1, 0.15) is 58.9 Å². The highest BCUT2D eigenvalue weighted by molar-refractivity contribution is 7.89. The maximum Gasteiger partial charge on any atom is 0.270 e. The summed E-state index contributed by atoms with van der Waals surface area (Å²) in [4.78, 5) is 53.4. The molecule has 2 atom stereocenters. The van der Waals surface area contributed by atoms with Crippen LogP contribution < -0.4 is 10.3 Å². The molecular weight excluding hydrogens is 668 g/mol. The normalized spacial score (nSPS) is 18.5. The fourth-order valence-corrected chi connectivity index (χ4v) is 8.32. The van der Waals surface area contributed by atoms with Crippen LogP contribution in [-0.2, 0) is 19.6 Å². The Hall–Kier alpha value is -4.64. The average molecular weight is 715 g/mol. The summed E-state index contributed by atoms with van der Waals surface area (Å²) in [5.74, 6) is -0.869. The molecule has 0 aromatic heterocycles. The second-order valence-electron chi connectivity index (χ2n) is 12.3. The largest absolute Gasteiger partial charge is 0.370 e. The summed E-state index contributed by atoms with van der Waals surface area (Å²) in [7, 11) is -4.33. The molecule has 0 unspecified atom stereocenters. The Balaban J connectivity index is 1.65. The third-order valence-corrected chi connectivity index (χ3v) is 11.3. The minimum Gasteiger partial charge on any atom is -0.370 e. The number of carbonyl (C=O) groups excluding carboxylic acids is 2. The monoisotopic (exact) mass is 714 g/mol. The third kappa shape index (κ3) is 8.56. The molecule has 2 amide bonds. The minimum absolute atomic E-state index is 0.0427. The molecule has 2 saturated heterocycles. The summed E-state index contributed by atoms with van der Waals surface area (Å²) in [5, 5.41) is 27.6. The first-order chi connectivity index (χ1) is 23.9. The number of non-ortho nitro benzene ring substituents is 2. The fraction of sp³-hybridized carbons (Fsp3) is 0.545. The van der Waals surface area contributed by atoms with Crippen LogP contribution in [0, 0.1) is 32.1 Å². The maximum absolute atomic E-state index is 14.0. The molecule has 2 fully saturated rings. The van der Waals surface area contributed by atoms with E-state index in [4.69, 9.17) is 0 Å². The van der Waals surface area contributed by atoms with Gasteiger partial charge in [0.2, 0.25) is 21.8 Å². The van der Waals surface area contributed by atoms with Gasteiger partial charge in [-0.2, -0.15) is 9.41 Å². The molecule has 4 rings (SSSR count). The van der Waals surface area contributed by atoms with Gasteiger partial charge in [-0.05, 0) is 65.5 Å². The molecule has 1 N–H and O–H groups in total. The third-order valence-electron chi connectivity index (χ3n) is 9.40. The summed E-state index contributed by atoms with van der Waals surface area (Å²) in [5.41, 5.74) is 3.02. The fourth-order valence-electron chi connectivity index (χ4n) is 6.63. The number of hydrazone groups is 1. The van der Waals surface area contributed by atoms with Crippen molar-refractivity contribution in [3.05, 3.63) is 62.2 Å². The SMILES string of the molecule is CCN(CC)C(=O)[C@@H]1CCCN(S(=O)(=O)c2cc([N+](=O)[O-])ccc2N/N=C\c2cc([N+](=O)[O-])ccc2N2CCC[C@H](C(=O)N(CC)CC)C2)C1. The van der Waals surface area contributed by atoms with Crippen LogP contribution in [-0.4, -0.2) is 103 Å². The zero-order valence-electron chi connectivity index (χ0n) is 29.0. The van der Waals surface area contributed by atoms with Crippen molar-refractivity contribution in [3.8, 4) is 0 Å². The van der Waals surface area contributed by atoms with Crippen LogP contribution in [0.4, 0.5) is 22.7 Å². The lowest BCUT2D eigenvalue weighted by molar-refractivity contribution is -0.385. The Morgan fingerprint density at radius 3 is 1.98 bits per heavy atom. The number of nitro groups is 2. The van der Waals surface area contributed by atoms with Crippen LogP contribution >= 0.6 is 0 Å². The van der Waals surface area contributed by atoms with Gasteiger partial charge >= 0.3 is 0 Å². The van der Waals surface area contributed by atoms with Crippen molar-refractivity contribution in [3.63, 3.8) is 0 Å². The van der Waals surface area contributed by atoms with Gasteiger partial charge in [0, 0.05) is 87.9 Å². The summed E-state index contributed by atoms with van der Waals surface area (Å²) in [6, 6.07) is 7.70. The van der Waals surface area contributed by atoms with E-state index in [0.29, 0.717) is 63.4 Å². The van der Waals surface area contributed by atoms with Gasteiger partial charge in [0.25, 0.3) is 11.4 Å². The van der Waals surface area contributed by atoms with Crippen molar-refractivity contribution in [1.29, 1.82) is 0 Å². The molecule has 0 bridgehead atoms. The van der Waals surface area contributed by atoms with Crippen molar-refractivity contribution < 1.29 is 27.9 Å². The van der Waals surface area contributed by atoms with Gasteiger partial charge in [-0.3, -0.25) is 35.2 Å². The van der Waals surface area contributed by atoms with Crippen molar-refractivity contribution in [1.82, 2.24) is 14.1 Å². The number of hydrogen-bond donors (Lipinski definition) is 1. The van der Waals surface area contributed by atoms with E-state index < -0.39 is 31.5 Å². The number of nitrogens with zero attached hydrogens (tertiary/aromatic N) is 7. The molecule has 2 heterocycles. The van der Waals surface area contributed by atoms with Gasteiger partial charge in [0.1, 0.15) is 4.90 Å². The van der Waals surface area contributed by atoms with Crippen molar-refractivity contribution in [2.75, 3.05) is 62.7 Å². The Bertz CT molecular complexity index is 1710. The van der Waals surface area contributed by atoms with E-state index >= 15 is 0 Å². The Morgan fingerprint density at radius 1 is 0.860 bits per heavy atom. The molecule has 0 aliphatic carbocycles. The lowest BCUT2D eigenvalue weighted by atomic mass is 9.95. The van der Waals surface area contributed by atoms with E-state index in [9.17, 15) is 38.2 Å². The highest BCUT2D eigenvalue weighted by atomic mass is 32.2. The number of rotatable bonds is 14. The standard InChI is InChI=1S/C33H46N8O8S/c1-5-36(6-2)32(42)24-11-9-17-38(22-24)30-16-14-27(40(44)45)19-26(30)21-34-35-29-15-13-28(41(46)47)20-31(29)50(48,49)39-18-10-12-25(23-39)33(43)37(7-3)8-4/h13-16,19-21,24-25,35H,5-12,17-18,22-23H2,1-4H3/b34-21-/t24-,25+/m0/s1. The van der Waals surface area contributed by atoms with E-state index in [1.54, 1.807) is 15.9 Å². The number of benzene rings is 2. The van der Waals surface area contributed by atoms with E-state index in [1.165, 1.54) is 28.7 Å². The minimum atomic E-state index is -4.33. The predicted octanol–water partition coefficient (Wildman–Crippen LogP) is 4.30. The molecule has 0 radical (unpaired) electrons. The van der Waals surface area contributed by atoms with Crippen molar-refractivity contribution in [2.24, 2.45) is 16.9 Å². The Morgan fingerprint density at radius 2 is 1.40 bits per heavy atom. The number of piperidine rings is 2. The number of amides is 2. The van der Waals surface area contributed by atoms with Gasteiger partial charge in [-0.25, -0.2) is 8.42 Å². The first kappa shape index (κ1) is 38.2. The van der Waals surface area contributed by atoms with Crippen LogP contribution in [0.15, 0.2) is 46.4 Å². The van der Waals surface area contributed by atoms with E-state index in [-0.39, 0.29) is 47.1 Å². The summed E-state index contributed by atoms with van der Waals surface area (Å²) < 4.78 is 29.2. The second-order valence-corrected chi connectivity index (χ2v) is 14.2. The zero-order valence-corrected chi connectivity index (χ0v) is 29.8. The molecule has 17 heteroatoms. The van der Waals surface area contributed by atoms with Gasteiger partial charge in [0.15, 0.2) is 0 Å². The molecule has 2 aromatic carbocycles. The van der Waals surface area contributed by atoms with E-state index in [1.807, 2.05) is 32.6 Å². The molecule has 0 saturated carbocycles. The number of sulfonamides is 1. The van der Waals surface area contributed by atoms with E-state index in [0.717, 1.165) is 25.0 Å². The van der Waals surface area contributed by atoms with Gasteiger partial charge in [-0.15, -0.1) is 0 Å². The molecule has 0 spiro atoms. The number of nitrogens with one attached hydrogen (secondary N) is 1. The Labute approximate surface area is 292 Å². The Kier molecular flexibility index (Phi) is 12.9. The number of carbonyl (C=O) groups is 2. The highest BCUT2D eigenvalue weighted by Gasteiger charge is 2.36. The maximum atomic E-state index is 14.0. The summed E-state index contributed by atoms with van der Waals surface area (Å²) in [6.07, 6.45) is 3.77. The van der Waals surface area contributed by atoms with Crippen LogP contribution in [0.5, 0.6) is 0 Å². The topological polar surface area (TPSA) is 192 Å². The molecule has 2 aliphatic rings. The molecular formula is C33H46N8O8S. The summed E-state index contributed by atoms with van der Waals surface area (Å²) in [6.45, 7) is 10.9. The first-order valence-corrected chi connectivity index (χ1v) is 18.5. The lowest BCUT2D eigenvalue weighted by Gasteiger charge is -2.36. The van der Waals surface area contributed by atoms with Crippen LogP contribution in [0.3, 0.4) is 0 Å². The van der Waals surface area contributed by atoms with E-state index in [2.05, 4.69) is 10.5 Å². The smallest absolute Gasteiger partial charge is 0.270 e. The number of anilines is 2. The van der Waals surface area contributed by atoms with Crippen LogP contribution in [0.25, 0.3) is 0 Å².